The summed E-state index contributed by atoms with van der Waals surface area (Å²) in [4.78, 5) is 2.68. The van der Waals surface area contributed by atoms with Gasteiger partial charge in [-0.25, -0.2) is 0 Å². The maximum Gasteiger partial charge on any atom is 0.135 e. The van der Waals surface area contributed by atoms with Gasteiger partial charge in [-0.2, -0.15) is 0 Å². The summed E-state index contributed by atoms with van der Waals surface area (Å²) in [5.74, 6) is 0.693. The highest BCUT2D eigenvalue weighted by Crippen LogP contribution is 2.48. The maximum absolute atomic E-state index is 6.83. The Kier molecular flexibility index (Phi) is 8.25. The molecule has 3 heterocycles. The first-order valence-corrected chi connectivity index (χ1v) is 19.3. The Hall–Kier alpha value is -5.00. The molecule has 0 bridgehead atoms. The van der Waals surface area contributed by atoms with Crippen molar-refractivity contribution < 1.29 is 10.1 Å². The molecule has 10 rings (SSSR count). The summed E-state index contributed by atoms with van der Waals surface area (Å²) in [5.41, 5.74) is 12.3. The van der Waals surface area contributed by atoms with E-state index >= 15 is 0 Å². The van der Waals surface area contributed by atoms with Crippen LogP contribution in [0, 0.1) is 5.92 Å². The van der Waals surface area contributed by atoms with Gasteiger partial charge in [0.15, 0.2) is 0 Å². The molecule has 258 valence electrons. The van der Waals surface area contributed by atoms with E-state index in [9.17, 15) is 0 Å². The average molecular weight is 681 g/mol. The van der Waals surface area contributed by atoms with Gasteiger partial charge in [-0.15, -0.1) is 0 Å². The molecule has 4 aliphatic carbocycles. The third-order valence-electron chi connectivity index (χ3n) is 12.2. The number of allylic oxidation sites excluding steroid dienone is 8. The predicted molar refractivity (Wildman–Crippen MR) is 210 cm³/mol. The van der Waals surface area contributed by atoms with Gasteiger partial charge in [-0.3, -0.25) is 5.32 Å². The molecule has 8 unspecified atom stereocenters. The van der Waals surface area contributed by atoms with Gasteiger partial charge < -0.3 is 15.0 Å². The van der Waals surface area contributed by atoms with Crippen LogP contribution in [-0.4, -0.2) is 35.2 Å². The molecule has 0 aromatic heterocycles. The number of hydrogen-bond acceptors (Lipinski definition) is 3. The minimum Gasteiger partial charge on any atom is -0.357 e. The smallest absolute Gasteiger partial charge is 0.135 e. The second kappa shape index (κ2) is 13.5. The normalized spacial score (nSPS) is 31.5. The first kappa shape index (κ1) is 31.7. The fourth-order valence-corrected chi connectivity index (χ4v) is 9.58. The molecular formula is C48H46N3O+. The molecule has 1 saturated heterocycles. The van der Waals surface area contributed by atoms with E-state index in [0.29, 0.717) is 30.0 Å². The second-order valence-corrected chi connectivity index (χ2v) is 15.2. The van der Waals surface area contributed by atoms with Crippen LogP contribution in [0.15, 0.2) is 192 Å². The van der Waals surface area contributed by atoms with E-state index in [1.54, 1.807) is 0 Å². The van der Waals surface area contributed by atoms with Crippen molar-refractivity contribution in [3.8, 4) is 11.1 Å². The molecule has 3 aromatic carbocycles. The molecular weight excluding hydrogens is 635 g/mol. The lowest BCUT2D eigenvalue weighted by atomic mass is 9.82. The highest BCUT2D eigenvalue weighted by Gasteiger charge is 2.49. The van der Waals surface area contributed by atoms with E-state index in [0.717, 1.165) is 25.7 Å². The molecule has 8 atom stereocenters. The van der Waals surface area contributed by atoms with E-state index in [-0.39, 0.29) is 18.4 Å². The first-order valence-electron chi connectivity index (χ1n) is 19.3. The molecule has 0 radical (unpaired) electrons. The van der Waals surface area contributed by atoms with Crippen molar-refractivity contribution >= 4 is 0 Å². The van der Waals surface area contributed by atoms with E-state index in [4.69, 9.17) is 4.74 Å². The molecule has 7 aliphatic rings. The lowest BCUT2D eigenvalue weighted by Crippen LogP contribution is -2.90. The lowest BCUT2D eigenvalue weighted by Gasteiger charge is -2.37. The van der Waals surface area contributed by atoms with Crippen LogP contribution in [0.3, 0.4) is 0 Å². The summed E-state index contributed by atoms with van der Waals surface area (Å²) < 4.78 is 6.83. The van der Waals surface area contributed by atoms with Crippen LogP contribution >= 0.6 is 0 Å². The molecule has 3 aliphatic heterocycles. The highest BCUT2D eigenvalue weighted by atomic mass is 16.5. The largest absolute Gasteiger partial charge is 0.357 e. The van der Waals surface area contributed by atoms with Crippen molar-refractivity contribution in [2.75, 3.05) is 0 Å². The van der Waals surface area contributed by atoms with Crippen LogP contribution in [0.5, 0.6) is 0 Å². The topological polar surface area (TPSA) is 41.1 Å². The SMILES string of the molecule is C1=CCCC(C2=CC(c3ccc(-c4ccccc4)cc3)CC(C3=CCC(N4C5=C(C6C=CC=CC64)C4OC(c6ccccc6)NC4C=C5)C=C3)[NH2+]2)=C1. The summed E-state index contributed by atoms with van der Waals surface area (Å²) in [6.45, 7) is 0. The second-order valence-electron chi connectivity index (χ2n) is 15.2. The van der Waals surface area contributed by atoms with E-state index in [2.05, 4.69) is 179 Å². The van der Waals surface area contributed by atoms with Gasteiger partial charge in [0.1, 0.15) is 24.1 Å². The van der Waals surface area contributed by atoms with Gasteiger partial charge in [0, 0.05) is 35.1 Å². The van der Waals surface area contributed by atoms with E-state index in [1.165, 1.54) is 50.4 Å². The van der Waals surface area contributed by atoms with Crippen molar-refractivity contribution in [3.63, 3.8) is 0 Å². The zero-order valence-electron chi connectivity index (χ0n) is 29.5. The monoisotopic (exact) mass is 680 g/mol. The third-order valence-corrected chi connectivity index (χ3v) is 12.2. The van der Waals surface area contributed by atoms with E-state index in [1.807, 2.05) is 0 Å². The number of hydrogen-bond donors (Lipinski definition) is 2. The fraction of sp³-hybridized carbons (Fsp3) is 0.250. The van der Waals surface area contributed by atoms with Crippen LogP contribution in [0.1, 0.15) is 49.0 Å². The van der Waals surface area contributed by atoms with Crippen molar-refractivity contribution in [3.05, 3.63) is 203 Å². The molecule has 3 aromatic rings. The highest BCUT2D eigenvalue weighted by molar-refractivity contribution is 5.63. The first-order chi connectivity index (χ1) is 25.8. The Balaban J connectivity index is 0.905. The minimum absolute atomic E-state index is 0.0298. The minimum atomic E-state index is -0.0971. The lowest BCUT2D eigenvalue weighted by molar-refractivity contribution is -0.636. The molecule has 0 saturated carbocycles. The van der Waals surface area contributed by atoms with Crippen LogP contribution in [0.2, 0.25) is 0 Å². The summed E-state index contributed by atoms with van der Waals surface area (Å²) >= 11 is 0. The number of nitrogens with one attached hydrogen (secondary N) is 1. The molecule has 3 N–H and O–H groups in total. The average Bonchev–Trinajstić information content (AvgIpc) is 3.82. The van der Waals surface area contributed by atoms with Gasteiger partial charge in [-0.05, 0) is 59.2 Å². The van der Waals surface area contributed by atoms with Gasteiger partial charge >= 0.3 is 0 Å². The Morgan fingerprint density at radius 2 is 1.58 bits per heavy atom. The zero-order valence-corrected chi connectivity index (χ0v) is 29.5. The molecule has 4 nitrogen and oxygen atoms in total. The van der Waals surface area contributed by atoms with Crippen molar-refractivity contribution in [1.82, 2.24) is 10.2 Å². The quantitative estimate of drug-likeness (QED) is 0.275. The van der Waals surface area contributed by atoms with Crippen LogP contribution in [-0.2, 0) is 4.74 Å². The maximum atomic E-state index is 6.83. The summed E-state index contributed by atoms with van der Waals surface area (Å²) in [6.07, 6.45) is 35.1. The Labute approximate surface area is 307 Å². The van der Waals surface area contributed by atoms with Gasteiger partial charge in [0.2, 0.25) is 0 Å². The van der Waals surface area contributed by atoms with Crippen molar-refractivity contribution in [2.45, 2.75) is 68.1 Å². The number of nitrogens with two attached hydrogens (primary N) is 1. The Morgan fingerprint density at radius 3 is 2.37 bits per heavy atom. The van der Waals surface area contributed by atoms with Crippen LogP contribution in [0.4, 0.5) is 0 Å². The number of ether oxygens (including phenoxy) is 1. The standard InChI is InChI=1S/C48H45N3O/c1-4-12-32(13-5-1)33-20-22-34(23-21-33)38-30-42(35-14-6-2-7-15-35)49-43(31-38)36-24-26-39(27-25-36)51-44-19-11-10-18-40(44)46-45(51)29-28-41-47(46)52-48(50-41)37-16-8-3-9-17-37/h1-6,8-14,16-26,28-30,38-41,43-44,47-50H,7,15,27,31H2/p+1. The van der Waals surface area contributed by atoms with Gasteiger partial charge in [-0.1, -0.05) is 152 Å². The third kappa shape index (κ3) is 5.76. The number of fused-ring (bicyclic) bond motifs is 4. The predicted octanol–water partition coefficient (Wildman–Crippen LogP) is 8.49. The molecule has 0 amide bonds. The Bertz CT molecular complexity index is 2110. The van der Waals surface area contributed by atoms with Crippen LogP contribution in [0.25, 0.3) is 11.1 Å². The summed E-state index contributed by atoms with van der Waals surface area (Å²) in [7, 11) is 0. The van der Waals surface area contributed by atoms with E-state index < -0.39 is 0 Å². The zero-order chi connectivity index (χ0) is 34.4. The van der Waals surface area contributed by atoms with Gasteiger partial charge in [0.25, 0.3) is 0 Å². The number of nitrogens with zero attached hydrogens (tertiary/aromatic N) is 1. The molecule has 4 heteroatoms. The number of quaternary nitrogens is 1. The number of rotatable bonds is 6. The van der Waals surface area contributed by atoms with Crippen LogP contribution < -0.4 is 10.6 Å². The molecule has 1 fully saturated rings. The summed E-state index contributed by atoms with van der Waals surface area (Å²) in [6, 6.07) is 31.8. The summed E-state index contributed by atoms with van der Waals surface area (Å²) in [5, 5.41) is 6.33. The van der Waals surface area contributed by atoms with Crippen molar-refractivity contribution in [1.29, 1.82) is 0 Å². The Morgan fingerprint density at radius 1 is 0.769 bits per heavy atom. The number of benzene rings is 3. The van der Waals surface area contributed by atoms with Crippen molar-refractivity contribution in [2.24, 2.45) is 5.92 Å². The molecule has 0 spiro atoms. The fourth-order valence-electron chi connectivity index (χ4n) is 9.58. The molecule has 52 heavy (non-hydrogen) atoms. The van der Waals surface area contributed by atoms with Gasteiger partial charge in [0.05, 0.1) is 18.1 Å².